The second kappa shape index (κ2) is 7.79. The summed E-state index contributed by atoms with van der Waals surface area (Å²) in [5, 5.41) is 13.5. The lowest BCUT2D eigenvalue weighted by molar-refractivity contribution is -0.138. The van der Waals surface area contributed by atoms with E-state index in [1.165, 1.54) is 12.3 Å². The summed E-state index contributed by atoms with van der Waals surface area (Å²) in [5.74, 6) is -2.19. The van der Waals surface area contributed by atoms with Crippen LogP contribution in [0.25, 0.3) is 0 Å². The standard InChI is InChI=1S/C16H16N2O5/c19-14(20)10-17-15(21)12(9-11-5-2-1-3-6-11)18-16(22)13-7-4-8-23-13/h1-8,12H,9-10H2,(H,17,21)(H,18,22)(H,19,20). The van der Waals surface area contributed by atoms with Crippen LogP contribution in [0.2, 0.25) is 0 Å². The lowest BCUT2D eigenvalue weighted by Gasteiger charge is -2.17. The highest BCUT2D eigenvalue weighted by molar-refractivity contribution is 5.96. The number of benzene rings is 1. The minimum atomic E-state index is -1.16. The Hall–Kier alpha value is -3.09. The van der Waals surface area contributed by atoms with Gasteiger partial charge in [-0.1, -0.05) is 30.3 Å². The fourth-order valence-corrected chi connectivity index (χ4v) is 1.98. The van der Waals surface area contributed by atoms with Crippen LogP contribution in [0, 0.1) is 0 Å². The Balaban J connectivity index is 2.08. The fraction of sp³-hybridized carbons (Fsp3) is 0.188. The van der Waals surface area contributed by atoms with E-state index in [4.69, 9.17) is 9.52 Å². The van der Waals surface area contributed by atoms with Gasteiger partial charge < -0.3 is 20.2 Å². The average Bonchev–Trinajstić information content (AvgIpc) is 3.07. The van der Waals surface area contributed by atoms with E-state index in [0.717, 1.165) is 5.56 Å². The fourth-order valence-electron chi connectivity index (χ4n) is 1.98. The van der Waals surface area contributed by atoms with E-state index in [0.29, 0.717) is 0 Å². The SMILES string of the molecule is O=C(O)CNC(=O)C(Cc1ccccc1)NC(=O)c1ccco1. The highest BCUT2D eigenvalue weighted by Gasteiger charge is 2.23. The Morgan fingerprint density at radius 1 is 1.09 bits per heavy atom. The molecule has 0 aliphatic heterocycles. The zero-order valence-electron chi connectivity index (χ0n) is 12.2. The zero-order chi connectivity index (χ0) is 16.7. The van der Waals surface area contributed by atoms with Gasteiger partial charge in [-0.15, -0.1) is 0 Å². The number of hydrogen-bond acceptors (Lipinski definition) is 4. The molecule has 0 aliphatic carbocycles. The predicted octanol–water partition coefficient (Wildman–Crippen LogP) is 0.821. The third-order valence-electron chi connectivity index (χ3n) is 3.06. The normalized spacial score (nSPS) is 11.5. The number of furan rings is 1. The summed E-state index contributed by atoms with van der Waals surface area (Å²) in [6.07, 6.45) is 1.59. The number of carbonyl (C=O) groups is 3. The van der Waals surface area contributed by atoms with Crippen molar-refractivity contribution < 1.29 is 23.9 Å². The first-order valence-electron chi connectivity index (χ1n) is 6.94. The number of nitrogens with one attached hydrogen (secondary N) is 2. The summed E-state index contributed by atoms with van der Waals surface area (Å²) in [4.78, 5) is 34.8. The summed E-state index contributed by atoms with van der Waals surface area (Å²) in [5.41, 5.74) is 0.836. The molecular weight excluding hydrogens is 300 g/mol. The van der Waals surface area contributed by atoms with E-state index in [-0.39, 0.29) is 12.2 Å². The maximum absolute atomic E-state index is 12.1. The molecule has 1 heterocycles. The van der Waals surface area contributed by atoms with Crippen molar-refractivity contribution in [2.24, 2.45) is 0 Å². The molecule has 2 amide bonds. The van der Waals surface area contributed by atoms with Gasteiger partial charge in [0.2, 0.25) is 5.91 Å². The topological polar surface area (TPSA) is 109 Å². The van der Waals surface area contributed by atoms with Crippen molar-refractivity contribution in [1.82, 2.24) is 10.6 Å². The number of rotatable bonds is 7. The number of aliphatic carboxylic acids is 1. The molecule has 0 fully saturated rings. The van der Waals surface area contributed by atoms with Crippen LogP contribution in [-0.4, -0.2) is 35.5 Å². The van der Waals surface area contributed by atoms with Gasteiger partial charge in [0.1, 0.15) is 12.6 Å². The quantitative estimate of drug-likeness (QED) is 0.701. The summed E-state index contributed by atoms with van der Waals surface area (Å²) < 4.78 is 4.99. The molecule has 0 radical (unpaired) electrons. The molecule has 23 heavy (non-hydrogen) atoms. The van der Waals surface area contributed by atoms with Crippen LogP contribution in [0.5, 0.6) is 0 Å². The zero-order valence-corrected chi connectivity index (χ0v) is 12.2. The minimum absolute atomic E-state index is 0.0779. The van der Waals surface area contributed by atoms with E-state index >= 15 is 0 Å². The van der Waals surface area contributed by atoms with E-state index in [2.05, 4.69) is 10.6 Å². The van der Waals surface area contributed by atoms with Crippen LogP contribution >= 0.6 is 0 Å². The molecule has 120 valence electrons. The third-order valence-corrected chi connectivity index (χ3v) is 3.06. The summed E-state index contributed by atoms with van der Waals surface area (Å²) in [6, 6.07) is 11.2. The molecule has 1 atom stereocenters. The van der Waals surface area contributed by atoms with Gasteiger partial charge in [-0.05, 0) is 17.7 Å². The first-order chi connectivity index (χ1) is 11.1. The Morgan fingerprint density at radius 3 is 2.43 bits per heavy atom. The van der Waals surface area contributed by atoms with Gasteiger partial charge in [-0.3, -0.25) is 14.4 Å². The Labute approximate surface area is 132 Å². The van der Waals surface area contributed by atoms with Gasteiger partial charge in [-0.2, -0.15) is 0 Å². The molecule has 1 aromatic heterocycles. The lowest BCUT2D eigenvalue weighted by Crippen LogP contribution is -2.49. The van der Waals surface area contributed by atoms with Crippen molar-refractivity contribution in [1.29, 1.82) is 0 Å². The van der Waals surface area contributed by atoms with Crippen molar-refractivity contribution in [3.05, 3.63) is 60.1 Å². The summed E-state index contributed by atoms with van der Waals surface area (Å²) >= 11 is 0. The highest BCUT2D eigenvalue weighted by atomic mass is 16.4. The Morgan fingerprint density at radius 2 is 1.83 bits per heavy atom. The number of hydrogen-bond donors (Lipinski definition) is 3. The van der Waals surface area contributed by atoms with E-state index in [9.17, 15) is 14.4 Å². The van der Waals surface area contributed by atoms with Crippen molar-refractivity contribution in [2.45, 2.75) is 12.5 Å². The van der Waals surface area contributed by atoms with Crippen LogP contribution in [0.15, 0.2) is 53.1 Å². The maximum Gasteiger partial charge on any atom is 0.322 e. The minimum Gasteiger partial charge on any atom is -0.480 e. The third kappa shape index (κ3) is 4.99. The molecule has 2 rings (SSSR count). The van der Waals surface area contributed by atoms with Gasteiger partial charge >= 0.3 is 5.97 Å². The largest absolute Gasteiger partial charge is 0.480 e. The van der Waals surface area contributed by atoms with Gasteiger partial charge in [0, 0.05) is 6.42 Å². The van der Waals surface area contributed by atoms with Crippen molar-refractivity contribution in [2.75, 3.05) is 6.54 Å². The lowest BCUT2D eigenvalue weighted by atomic mass is 10.1. The first-order valence-corrected chi connectivity index (χ1v) is 6.94. The number of carbonyl (C=O) groups excluding carboxylic acids is 2. The number of carboxylic acids is 1. The monoisotopic (exact) mass is 316 g/mol. The first kappa shape index (κ1) is 16.3. The summed E-state index contributed by atoms with van der Waals surface area (Å²) in [7, 11) is 0. The van der Waals surface area contributed by atoms with Crippen LogP contribution < -0.4 is 10.6 Å². The number of amides is 2. The van der Waals surface area contributed by atoms with Crippen LogP contribution in [0.1, 0.15) is 16.1 Å². The van der Waals surface area contributed by atoms with Gasteiger partial charge in [0.05, 0.1) is 6.26 Å². The molecule has 0 bridgehead atoms. The van der Waals surface area contributed by atoms with Crippen molar-refractivity contribution >= 4 is 17.8 Å². The molecule has 0 aliphatic rings. The molecule has 0 spiro atoms. The van der Waals surface area contributed by atoms with Crippen molar-refractivity contribution in [3.8, 4) is 0 Å². The molecular formula is C16H16N2O5. The molecule has 0 saturated carbocycles. The smallest absolute Gasteiger partial charge is 0.322 e. The van der Waals surface area contributed by atoms with Crippen LogP contribution in [0.3, 0.4) is 0 Å². The second-order valence-electron chi connectivity index (χ2n) is 4.80. The Kier molecular flexibility index (Phi) is 5.51. The molecule has 2 aromatic rings. The molecule has 1 aromatic carbocycles. The van der Waals surface area contributed by atoms with E-state index in [1.54, 1.807) is 6.07 Å². The van der Waals surface area contributed by atoms with Crippen LogP contribution in [-0.2, 0) is 16.0 Å². The summed E-state index contributed by atoms with van der Waals surface area (Å²) in [6.45, 7) is -0.513. The van der Waals surface area contributed by atoms with Crippen molar-refractivity contribution in [3.63, 3.8) is 0 Å². The Bertz CT molecular complexity index is 667. The molecule has 7 heteroatoms. The predicted molar refractivity (Wildman–Crippen MR) is 80.8 cm³/mol. The molecule has 3 N–H and O–H groups in total. The van der Waals surface area contributed by atoms with E-state index < -0.39 is 30.4 Å². The highest BCUT2D eigenvalue weighted by Crippen LogP contribution is 2.06. The van der Waals surface area contributed by atoms with Gasteiger partial charge in [0.25, 0.3) is 5.91 Å². The maximum atomic E-state index is 12.1. The second-order valence-corrected chi connectivity index (χ2v) is 4.80. The van der Waals surface area contributed by atoms with Crippen LogP contribution in [0.4, 0.5) is 0 Å². The van der Waals surface area contributed by atoms with Gasteiger partial charge in [-0.25, -0.2) is 0 Å². The number of carboxylic acid groups (broad SMARTS) is 1. The molecule has 7 nitrogen and oxygen atoms in total. The van der Waals surface area contributed by atoms with E-state index in [1.807, 2.05) is 30.3 Å². The average molecular weight is 316 g/mol. The molecule has 0 saturated heterocycles. The molecule has 1 unspecified atom stereocenters. The van der Waals surface area contributed by atoms with Gasteiger partial charge in [0.15, 0.2) is 5.76 Å².